The molecule has 0 unspecified atom stereocenters. The lowest BCUT2D eigenvalue weighted by Gasteiger charge is -1.89. The smallest absolute Gasteiger partial charge is 0.0891 e. The van der Waals surface area contributed by atoms with Gasteiger partial charge in [0, 0.05) is 0 Å². The van der Waals surface area contributed by atoms with Gasteiger partial charge < -0.3 is 5.11 Å². The number of rotatable bonds is 2. The van der Waals surface area contributed by atoms with Crippen LogP contribution in [0.2, 0.25) is 0 Å². The van der Waals surface area contributed by atoms with Crippen LogP contribution in [0.25, 0.3) is 0 Å². The van der Waals surface area contributed by atoms with Gasteiger partial charge in [-0.2, -0.15) is 0 Å². The molecule has 0 aliphatic heterocycles. The van der Waals surface area contributed by atoms with Gasteiger partial charge in [-0.05, 0) is 26.3 Å². The average molecular weight is 156 g/mol. The third kappa shape index (κ3) is 12.5. The summed E-state index contributed by atoms with van der Waals surface area (Å²) in [6, 6.07) is 0. The highest BCUT2D eigenvalue weighted by Crippen LogP contribution is 1.98. The van der Waals surface area contributed by atoms with Gasteiger partial charge in [-0.3, -0.25) is 0 Å². The summed E-state index contributed by atoms with van der Waals surface area (Å²) < 4.78 is 0. The van der Waals surface area contributed by atoms with E-state index < -0.39 is 0 Å². The van der Waals surface area contributed by atoms with Crippen molar-refractivity contribution in [3.8, 4) is 0 Å². The highest BCUT2D eigenvalue weighted by molar-refractivity contribution is 5.11. The fourth-order valence-corrected chi connectivity index (χ4v) is 0.381. The zero-order chi connectivity index (χ0) is 9.28. The van der Waals surface area contributed by atoms with Crippen molar-refractivity contribution >= 4 is 0 Å². The minimum atomic E-state index is 0.364. The Bertz CT molecular complexity index is 128. The Labute approximate surface area is 70.4 Å². The first-order valence-corrected chi connectivity index (χ1v) is 4.19. The van der Waals surface area contributed by atoms with Gasteiger partial charge in [-0.25, -0.2) is 0 Å². The van der Waals surface area contributed by atoms with E-state index in [4.69, 9.17) is 5.11 Å². The van der Waals surface area contributed by atoms with Crippen LogP contribution in [-0.4, -0.2) is 5.11 Å². The fraction of sp³-hybridized carbons (Fsp3) is 0.600. The molecule has 1 nitrogen and oxygen atoms in total. The van der Waals surface area contributed by atoms with Crippen molar-refractivity contribution in [2.24, 2.45) is 0 Å². The molecule has 0 amide bonds. The van der Waals surface area contributed by atoms with Crippen molar-refractivity contribution in [3.63, 3.8) is 0 Å². The van der Waals surface area contributed by atoms with Gasteiger partial charge in [0.25, 0.3) is 0 Å². The van der Waals surface area contributed by atoms with Gasteiger partial charge in [0.1, 0.15) is 0 Å². The molecule has 0 radical (unpaired) electrons. The molecule has 0 aromatic heterocycles. The lowest BCUT2D eigenvalue weighted by atomic mass is 10.2. The molecule has 0 heterocycles. The van der Waals surface area contributed by atoms with Gasteiger partial charge in [0.15, 0.2) is 0 Å². The molecule has 1 heteroatoms. The maximum absolute atomic E-state index is 8.71. The molecule has 1 N–H and O–H groups in total. The first-order valence-electron chi connectivity index (χ1n) is 4.19. The zero-order valence-electron chi connectivity index (χ0n) is 8.31. The topological polar surface area (TPSA) is 20.2 Å². The Hall–Kier alpha value is -0.720. The predicted octanol–water partition coefficient (Wildman–Crippen LogP) is 3.83. The van der Waals surface area contributed by atoms with E-state index in [1.165, 1.54) is 5.57 Å². The minimum absolute atomic E-state index is 0.364. The van der Waals surface area contributed by atoms with Crippen LogP contribution in [0, 0.1) is 0 Å². The van der Waals surface area contributed by atoms with Crippen LogP contribution >= 0.6 is 0 Å². The standard InChI is InChI=1S/C8H14O.C2H6/c1-4-7(2)5-6-8(3)9;1-2/h5-6,9H,4H2,1-3H3;1-2H3/b7-5-,8-6+;. The molecule has 0 rings (SSSR count). The molecule has 66 valence electrons. The van der Waals surface area contributed by atoms with E-state index in [0.29, 0.717) is 5.76 Å². The summed E-state index contributed by atoms with van der Waals surface area (Å²) in [6.07, 6.45) is 4.68. The first-order chi connectivity index (χ1) is 5.16. The van der Waals surface area contributed by atoms with Crippen LogP contribution in [0.3, 0.4) is 0 Å². The maximum Gasteiger partial charge on any atom is 0.0891 e. The Kier molecular flexibility index (Phi) is 10.9. The summed E-state index contributed by atoms with van der Waals surface area (Å²) in [5.41, 5.74) is 1.28. The zero-order valence-corrected chi connectivity index (χ0v) is 8.31. The Morgan fingerprint density at radius 1 is 1.18 bits per heavy atom. The number of allylic oxidation sites excluding steroid dienone is 4. The summed E-state index contributed by atoms with van der Waals surface area (Å²) in [6.45, 7) is 9.80. The van der Waals surface area contributed by atoms with E-state index in [0.717, 1.165) is 6.42 Å². The molecule has 0 bridgehead atoms. The molecule has 0 aliphatic carbocycles. The summed E-state index contributed by atoms with van der Waals surface area (Å²) in [5.74, 6) is 0.364. The Balaban J connectivity index is 0. The first kappa shape index (κ1) is 12.9. The second-order valence-corrected chi connectivity index (χ2v) is 2.17. The Morgan fingerprint density at radius 3 is 1.91 bits per heavy atom. The third-order valence-corrected chi connectivity index (χ3v) is 1.17. The molecule has 0 aromatic rings. The van der Waals surface area contributed by atoms with E-state index in [1.54, 1.807) is 13.0 Å². The van der Waals surface area contributed by atoms with Gasteiger partial charge >= 0.3 is 0 Å². The monoisotopic (exact) mass is 156 g/mol. The maximum atomic E-state index is 8.71. The predicted molar refractivity (Wildman–Crippen MR) is 51.8 cm³/mol. The molecule has 0 aromatic carbocycles. The summed E-state index contributed by atoms with van der Waals surface area (Å²) in [7, 11) is 0. The van der Waals surface area contributed by atoms with Gasteiger partial charge in [-0.15, -0.1) is 0 Å². The van der Waals surface area contributed by atoms with E-state index in [-0.39, 0.29) is 0 Å². The van der Waals surface area contributed by atoms with Crippen LogP contribution < -0.4 is 0 Å². The van der Waals surface area contributed by atoms with Crippen molar-refractivity contribution in [2.45, 2.75) is 41.0 Å². The van der Waals surface area contributed by atoms with Crippen LogP contribution in [0.4, 0.5) is 0 Å². The van der Waals surface area contributed by atoms with E-state index >= 15 is 0 Å². The van der Waals surface area contributed by atoms with Crippen molar-refractivity contribution in [1.29, 1.82) is 0 Å². The molecule has 0 saturated heterocycles. The quantitative estimate of drug-likeness (QED) is 0.476. The van der Waals surface area contributed by atoms with Crippen molar-refractivity contribution < 1.29 is 5.11 Å². The van der Waals surface area contributed by atoms with E-state index in [2.05, 4.69) is 6.92 Å². The van der Waals surface area contributed by atoms with Crippen LogP contribution in [0.15, 0.2) is 23.5 Å². The lowest BCUT2D eigenvalue weighted by Crippen LogP contribution is -1.70. The third-order valence-electron chi connectivity index (χ3n) is 1.17. The van der Waals surface area contributed by atoms with Gasteiger partial charge in [0.2, 0.25) is 0 Å². The van der Waals surface area contributed by atoms with Crippen molar-refractivity contribution in [1.82, 2.24) is 0 Å². The molecule has 0 spiro atoms. The van der Waals surface area contributed by atoms with E-state index in [9.17, 15) is 0 Å². The largest absolute Gasteiger partial charge is 0.513 e. The molecular formula is C10H20O. The molecule has 0 fully saturated rings. The van der Waals surface area contributed by atoms with Crippen molar-refractivity contribution in [2.75, 3.05) is 0 Å². The summed E-state index contributed by atoms with van der Waals surface area (Å²) in [5, 5.41) is 8.71. The minimum Gasteiger partial charge on any atom is -0.513 e. The number of hydrogen-bond donors (Lipinski definition) is 1. The normalized spacial score (nSPS) is 12.1. The molecule has 0 atom stereocenters. The fourth-order valence-electron chi connectivity index (χ4n) is 0.381. The van der Waals surface area contributed by atoms with Crippen LogP contribution in [-0.2, 0) is 0 Å². The molecule has 0 aliphatic rings. The molecule has 0 saturated carbocycles. The van der Waals surface area contributed by atoms with Crippen molar-refractivity contribution in [3.05, 3.63) is 23.5 Å². The molecular weight excluding hydrogens is 136 g/mol. The SMILES string of the molecule is CC.CC/C(C)=C\C=C(/C)O. The number of hydrogen-bond acceptors (Lipinski definition) is 1. The van der Waals surface area contributed by atoms with Crippen LogP contribution in [0.1, 0.15) is 41.0 Å². The second kappa shape index (κ2) is 9.28. The van der Waals surface area contributed by atoms with Gasteiger partial charge in [-0.1, -0.05) is 32.4 Å². The highest BCUT2D eigenvalue weighted by Gasteiger charge is 1.79. The Morgan fingerprint density at radius 2 is 1.64 bits per heavy atom. The average Bonchev–Trinajstić information content (AvgIpc) is 2.04. The lowest BCUT2D eigenvalue weighted by molar-refractivity contribution is 0.414. The molecule has 11 heavy (non-hydrogen) atoms. The summed E-state index contributed by atoms with van der Waals surface area (Å²) in [4.78, 5) is 0. The number of aliphatic hydroxyl groups excluding tert-OH is 1. The second-order valence-electron chi connectivity index (χ2n) is 2.17. The van der Waals surface area contributed by atoms with E-state index in [1.807, 2.05) is 26.8 Å². The van der Waals surface area contributed by atoms with Crippen LogP contribution in [0.5, 0.6) is 0 Å². The summed E-state index contributed by atoms with van der Waals surface area (Å²) >= 11 is 0. The number of aliphatic hydroxyl groups is 1. The van der Waals surface area contributed by atoms with Gasteiger partial charge in [0.05, 0.1) is 5.76 Å². The highest BCUT2D eigenvalue weighted by atomic mass is 16.3.